The van der Waals surface area contributed by atoms with E-state index < -0.39 is 6.04 Å². The van der Waals surface area contributed by atoms with Crippen LogP contribution in [0.2, 0.25) is 0 Å². The molecule has 0 unspecified atom stereocenters. The number of hydrogen-bond acceptors (Lipinski definition) is 2. The van der Waals surface area contributed by atoms with Crippen molar-refractivity contribution in [3.05, 3.63) is 71.8 Å². The molecule has 1 aliphatic heterocycles. The fraction of sp³-hybridized carbons (Fsp3) is 0.250. The van der Waals surface area contributed by atoms with Crippen LogP contribution in [0.3, 0.4) is 0 Å². The topological polar surface area (TPSA) is 61.2 Å². The molecule has 2 N–H and O–H groups in total. The maximum absolute atomic E-state index is 12.5. The average molecular weight is 336 g/mol. The summed E-state index contributed by atoms with van der Waals surface area (Å²) >= 11 is 0. The third kappa shape index (κ3) is 3.76. The fourth-order valence-corrected chi connectivity index (χ4v) is 2.96. The number of nitrogens with one attached hydrogen (secondary N) is 2. The first-order valence-corrected chi connectivity index (χ1v) is 8.53. The van der Waals surface area contributed by atoms with Crippen LogP contribution in [0.5, 0.6) is 0 Å². The average Bonchev–Trinajstić information content (AvgIpc) is 2.96. The molecule has 5 nitrogen and oxygen atoms in total. The number of benzene rings is 2. The van der Waals surface area contributed by atoms with Gasteiger partial charge in [-0.15, -0.1) is 10.1 Å². The van der Waals surface area contributed by atoms with E-state index in [1.54, 1.807) is 24.3 Å². The molecular formula is C20H22N3O2+. The third-order valence-electron chi connectivity index (χ3n) is 4.22. The Bertz CT molecular complexity index is 772. The Balaban J connectivity index is 1.90. The number of nitrogens with zero attached hydrogens (tertiary/aromatic N) is 1. The van der Waals surface area contributed by atoms with Crippen LogP contribution in [0.15, 0.2) is 60.7 Å². The minimum Gasteiger partial charge on any atom is -0.334 e. The minimum atomic E-state index is -0.650. The second-order valence-corrected chi connectivity index (χ2v) is 6.03. The Morgan fingerprint density at radius 1 is 1.12 bits per heavy atom. The highest BCUT2D eigenvalue weighted by Gasteiger charge is 2.47. The van der Waals surface area contributed by atoms with Crippen molar-refractivity contribution in [2.75, 3.05) is 0 Å². The van der Waals surface area contributed by atoms with E-state index >= 15 is 0 Å². The van der Waals surface area contributed by atoms with Crippen molar-refractivity contribution >= 4 is 18.0 Å². The van der Waals surface area contributed by atoms with Crippen LogP contribution in [0.25, 0.3) is 0 Å². The number of unbranched alkanes of at least 4 members (excludes halogenated alkanes) is 1. The molecule has 1 heterocycles. The van der Waals surface area contributed by atoms with E-state index in [4.69, 9.17) is 0 Å². The van der Waals surface area contributed by atoms with Crippen molar-refractivity contribution in [3.63, 3.8) is 0 Å². The van der Waals surface area contributed by atoms with Gasteiger partial charge in [-0.05, 0) is 18.6 Å². The second kappa shape index (κ2) is 7.75. The molecule has 0 aliphatic carbocycles. The maximum Gasteiger partial charge on any atom is 0.304 e. The van der Waals surface area contributed by atoms with Gasteiger partial charge < -0.3 is 5.32 Å². The molecule has 0 radical (unpaired) electrons. The van der Waals surface area contributed by atoms with Crippen LogP contribution in [0, 0.1) is 0 Å². The predicted octanol–water partition coefficient (Wildman–Crippen LogP) is 2.45. The van der Waals surface area contributed by atoms with Gasteiger partial charge in [0.25, 0.3) is 5.91 Å². The summed E-state index contributed by atoms with van der Waals surface area (Å²) in [4.78, 5) is 25.0. The van der Waals surface area contributed by atoms with Gasteiger partial charge in [0.15, 0.2) is 12.3 Å². The molecule has 1 aliphatic rings. The molecule has 2 amide bonds. The lowest BCUT2D eigenvalue weighted by Crippen LogP contribution is -2.42. The minimum absolute atomic E-state index is 0.203. The van der Waals surface area contributed by atoms with E-state index in [0.29, 0.717) is 5.56 Å². The Hall–Kier alpha value is -2.95. The number of hydrazone groups is 1. The summed E-state index contributed by atoms with van der Waals surface area (Å²) in [6, 6.07) is 17.8. The highest BCUT2D eigenvalue weighted by atomic mass is 16.2. The van der Waals surface area contributed by atoms with Crippen LogP contribution < -0.4 is 10.7 Å². The van der Waals surface area contributed by atoms with Gasteiger partial charge >= 0.3 is 5.91 Å². The first-order valence-electron chi connectivity index (χ1n) is 8.53. The van der Waals surface area contributed by atoms with Crippen molar-refractivity contribution in [2.24, 2.45) is 0 Å². The van der Waals surface area contributed by atoms with E-state index in [9.17, 15) is 9.59 Å². The standard InChI is InChI=1S/C20H21N3O2/c1-2-3-14-23-18(15-10-6-4-7-11-15)17(20(25)22-23)21-19(24)16-12-8-5-9-13-16/h4-14,17-18H,2-3H2,1H3,(H-,21,22,24,25)/p+1/b23-14+/t17-,18-/m1/s1. The van der Waals surface area contributed by atoms with Gasteiger partial charge in [0, 0.05) is 17.5 Å². The van der Waals surface area contributed by atoms with Gasteiger partial charge in [-0.1, -0.05) is 55.5 Å². The van der Waals surface area contributed by atoms with Crippen molar-refractivity contribution in [1.82, 2.24) is 10.7 Å². The molecule has 2 aromatic carbocycles. The summed E-state index contributed by atoms with van der Waals surface area (Å²) in [5.41, 5.74) is 4.39. The predicted molar refractivity (Wildman–Crippen MR) is 96.3 cm³/mol. The first-order chi connectivity index (χ1) is 12.2. The number of hydrogen-bond donors (Lipinski definition) is 2. The number of amides is 2. The van der Waals surface area contributed by atoms with Crippen LogP contribution in [0.1, 0.15) is 41.7 Å². The lowest BCUT2D eigenvalue weighted by molar-refractivity contribution is -0.597. The zero-order chi connectivity index (χ0) is 17.6. The highest BCUT2D eigenvalue weighted by Crippen LogP contribution is 2.25. The molecule has 3 rings (SSSR count). The molecule has 1 fully saturated rings. The Morgan fingerprint density at radius 3 is 2.40 bits per heavy atom. The number of carbonyl (C=O) groups excluding carboxylic acids is 2. The van der Waals surface area contributed by atoms with E-state index in [1.807, 2.05) is 47.3 Å². The Kier molecular flexibility index (Phi) is 5.23. The molecule has 0 spiro atoms. The molecule has 2 atom stereocenters. The molecule has 0 bridgehead atoms. The summed E-state index contributed by atoms with van der Waals surface area (Å²) in [5, 5.41) is 2.89. The molecule has 5 heteroatoms. The first kappa shape index (κ1) is 16.9. The van der Waals surface area contributed by atoms with E-state index in [0.717, 1.165) is 18.4 Å². The molecule has 0 aromatic heterocycles. The lowest BCUT2D eigenvalue weighted by Gasteiger charge is -2.14. The van der Waals surface area contributed by atoms with Crippen LogP contribution in [-0.4, -0.2) is 28.8 Å². The van der Waals surface area contributed by atoms with Gasteiger partial charge in [-0.2, -0.15) is 0 Å². The number of rotatable bonds is 5. The summed E-state index contributed by atoms with van der Waals surface area (Å²) in [7, 11) is 0. The highest BCUT2D eigenvalue weighted by molar-refractivity contribution is 5.98. The fourth-order valence-electron chi connectivity index (χ4n) is 2.96. The quantitative estimate of drug-likeness (QED) is 0.824. The van der Waals surface area contributed by atoms with Crippen LogP contribution >= 0.6 is 0 Å². The van der Waals surface area contributed by atoms with E-state index in [2.05, 4.69) is 17.7 Å². The lowest BCUT2D eigenvalue weighted by atomic mass is 10.00. The second-order valence-electron chi connectivity index (χ2n) is 6.03. The van der Waals surface area contributed by atoms with Crippen molar-refractivity contribution in [1.29, 1.82) is 0 Å². The Labute approximate surface area is 147 Å². The van der Waals surface area contributed by atoms with Gasteiger partial charge in [-0.25, -0.2) is 0 Å². The van der Waals surface area contributed by atoms with Gasteiger partial charge in [0.05, 0.1) is 0 Å². The summed E-state index contributed by atoms with van der Waals surface area (Å²) in [6.45, 7) is 2.08. The summed E-state index contributed by atoms with van der Waals surface area (Å²) in [6.07, 6.45) is 3.81. The smallest absolute Gasteiger partial charge is 0.304 e. The van der Waals surface area contributed by atoms with Crippen LogP contribution in [0.4, 0.5) is 0 Å². The molecule has 2 aromatic rings. The van der Waals surface area contributed by atoms with Gasteiger partial charge in [0.2, 0.25) is 6.04 Å². The zero-order valence-corrected chi connectivity index (χ0v) is 14.2. The van der Waals surface area contributed by atoms with Gasteiger partial charge in [0.1, 0.15) is 0 Å². The molecule has 0 saturated carbocycles. The summed E-state index contributed by atoms with van der Waals surface area (Å²) < 4.78 is 1.82. The third-order valence-corrected chi connectivity index (χ3v) is 4.22. The summed E-state index contributed by atoms with van der Waals surface area (Å²) in [5.74, 6) is -0.454. The number of hydrazine groups is 1. The normalized spacial score (nSPS) is 21.2. The molecule has 1 saturated heterocycles. The maximum atomic E-state index is 12.5. The van der Waals surface area contributed by atoms with Crippen LogP contribution in [-0.2, 0) is 4.79 Å². The van der Waals surface area contributed by atoms with Crippen molar-refractivity contribution < 1.29 is 14.3 Å². The van der Waals surface area contributed by atoms with E-state index in [1.165, 1.54) is 0 Å². The zero-order valence-electron chi connectivity index (χ0n) is 14.2. The molecule has 128 valence electrons. The molecule has 25 heavy (non-hydrogen) atoms. The van der Waals surface area contributed by atoms with Crippen molar-refractivity contribution in [3.8, 4) is 0 Å². The Morgan fingerprint density at radius 2 is 1.76 bits per heavy atom. The van der Waals surface area contributed by atoms with Crippen molar-refractivity contribution in [2.45, 2.75) is 31.8 Å². The monoisotopic (exact) mass is 336 g/mol. The van der Waals surface area contributed by atoms with E-state index in [-0.39, 0.29) is 17.9 Å². The largest absolute Gasteiger partial charge is 0.334 e. The SMILES string of the molecule is CCC/C=[N+]1/NC(=O)[C@H](NC(=O)c2ccccc2)[C@H]1c1ccccc1. The number of carbonyl (C=O) groups is 2. The van der Waals surface area contributed by atoms with Gasteiger partial charge in [-0.3, -0.25) is 9.59 Å². The molecular weight excluding hydrogens is 314 g/mol.